The summed E-state index contributed by atoms with van der Waals surface area (Å²) in [7, 11) is 1.47. The first-order chi connectivity index (χ1) is 12.6. The first-order valence-corrected chi connectivity index (χ1v) is 8.24. The summed E-state index contributed by atoms with van der Waals surface area (Å²) in [5, 5.41) is 6.25. The van der Waals surface area contributed by atoms with Gasteiger partial charge in [0, 0.05) is 10.0 Å². The zero-order valence-corrected chi connectivity index (χ0v) is 15.2. The molecule has 0 aromatic heterocycles. The van der Waals surface area contributed by atoms with Crippen molar-refractivity contribution in [3.8, 4) is 17.2 Å². The monoisotopic (exact) mass is 419 g/mol. The van der Waals surface area contributed by atoms with Crippen molar-refractivity contribution in [1.82, 2.24) is 5.43 Å². The minimum absolute atomic E-state index is 0.155. The van der Waals surface area contributed by atoms with Gasteiger partial charge in [0.25, 0.3) is 0 Å². The van der Waals surface area contributed by atoms with Crippen LogP contribution in [0.5, 0.6) is 17.2 Å². The van der Waals surface area contributed by atoms with Crippen LogP contribution >= 0.6 is 15.9 Å². The molecular weight excluding hydrogens is 406 g/mol. The number of hydrazone groups is 1. The molecule has 0 aliphatic carbocycles. The van der Waals surface area contributed by atoms with E-state index in [1.165, 1.54) is 13.3 Å². The van der Waals surface area contributed by atoms with Gasteiger partial charge in [-0.05, 0) is 40.2 Å². The number of anilines is 1. The molecule has 1 heterocycles. The summed E-state index contributed by atoms with van der Waals surface area (Å²) >= 11 is 3.37. The zero-order valence-electron chi connectivity index (χ0n) is 13.6. The average molecular weight is 420 g/mol. The van der Waals surface area contributed by atoms with Crippen molar-refractivity contribution in [3.63, 3.8) is 0 Å². The molecule has 8 nitrogen and oxygen atoms in total. The minimum Gasteiger partial charge on any atom is -0.495 e. The molecule has 0 atom stereocenters. The minimum atomic E-state index is -0.913. The van der Waals surface area contributed by atoms with Gasteiger partial charge in [0.15, 0.2) is 11.5 Å². The summed E-state index contributed by atoms with van der Waals surface area (Å²) in [6, 6.07) is 10.2. The number of carbonyl (C=O) groups is 2. The second kappa shape index (κ2) is 7.87. The van der Waals surface area contributed by atoms with E-state index in [2.05, 4.69) is 31.8 Å². The number of ether oxygens (including phenoxy) is 3. The van der Waals surface area contributed by atoms with Crippen molar-refractivity contribution in [2.75, 3.05) is 19.2 Å². The first kappa shape index (κ1) is 17.7. The number of methoxy groups -OCH3 is 1. The molecule has 2 aromatic rings. The Bertz CT molecular complexity index is 885. The van der Waals surface area contributed by atoms with Gasteiger partial charge in [-0.15, -0.1) is 0 Å². The molecule has 2 aromatic carbocycles. The maximum atomic E-state index is 11.9. The highest BCUT2D eigenvalue weighted by Gasteiger charge is 2.17. The average Bonchev–Trinajstić information content (AvgIpc) is 3.09. The van der Waals surface area contributed by atoms with Crippen LogP contribution in [0.3, 0.4) is 0 Å². The molecule has 0 radical (unpaired) electrons. The third kappa shape index (κ3) is 3.94. The van der Waals surface area contributed by atoms with Gasteiger partial charge in [-0.3, -0.25) is 9.59 Å². The highest BCUT2D eigenvalue weighted by atomic mass is 79.9. The van der Waals surface area contributed by atoms with E-state index in [0.29, 0.717) is 33.0 Å². The van der Waals surface area contributed by atoms with Gasteiger partial charge in [-0.1, -0.05) is 12.1 Å². The predicted molar refractivity (Wildman–Crippen MR) is 97.6 cm³/mol. The largest absolute Gasteiger partial charge is 0.495 e. The second-order valence-electron chi connectivity index (χ2n) is 5.08. The number of nitrogens with one attached hydrogen (secondary N) is 2. The maximum absolute atomic E-state index is 11.9. The Balaban J connectivity index is 1.61. The van der Waals surface area contributed by atoms with Crippen LogP contribution < -0.4 is 25.0 Å². The number of hydrogen-bond donors (Lipinski definition) is 2. The topological polar surface area (TPSA) is 98.2 Å². The molecule has 0 fully saturated rings. The van der Waals surface area contributed by atoms with Crippen LogP contribution in [0.15, 0.2) is 46.0 Å². The number of carbonyl (C=O) groups excluding carboxylic acids is 2. The van der Waals surface area contributed by atoms with Crippen molar-refractivity contribution in [2.45, 2.75) is 0 Å². The third-order valence-electron chi connectivity index (χ3n) is 3.42. The maximum Gasteiger partial charge on any atom is 0.329 e. The Kier molecular flexibility index (Phi) is 5.37. The lowest BCUT2D eigenvalue weighted by Crippen LogP contribution is -2.32. The number of nitrogens with zero attached hydrogens (tertiary/aromatic N) is 1. The summed E-state index contributed by atoms with van der Waals surface area (Å²) < 4.78 is 16.4. The molecule has 0 unspecified atom stereocenters. The van der Waals surface area contributed by atoms with Gasteiger partial charge in [0.1, 0.15) is 5.75 Å². The van der Waals surface area contributed by atoms with E-state index in [1.807, 2.05) is 0 Å². The lowest BCUT2D eigenvalue weighted by atomic mass is 10.2. The molecule has 134 valence electrons. The molecule has 0 saturated heterocycles. The van der Waals surface area contributed by atoms with Crippen molar-refractivity contribution >= 4 is 39.6 Å². The van der Waals surface area contributed by atoms with E-state index < -0.39 is 11.8 Å². The number of hydrogen-bond acceptors (Lipinski definition) is 6. The number of benzene rings is 2. The van der Waals surface area contributed by atoms with Gasteiger partial charge in [-0.2, -0.15) is 5.10 Å². The molecule has 0 spiro atoms. The molecule has 2 amide bonds. The number of fused-ring (bicyclic) bond motifs is 1. The van der Waals surface area contributed by atoms with Crippen LogP contribution in [0.1, 0.15) is 5.56 Å². The van der Waals surface area contributed by atoms with Crippen molar-refractivity contribution in [3.05, 3.63) is 46.4 Å². The van der Waals surface area contributed by atoms with Gasteiger partial charge >= 0.3 is 11.8 Å². The van der Waals surface area contributed by atoms with E-state index in [0.717, 1.165) is 0 Å². The molecule has 0 saturated carbocycles. The lowest BCUT2D eigenvalue weighted by molar-refractivity contribution is -0.136. The van der Waals surface area contributed by atoms with Gasteiger partial charge < -0.3 is 19.5 Å². The molecule has 0 bridgehead atoms. The standard InChI is InChI=1S/C17H14BrN3O5/c1-24-13-5-3-2-4-12(13)20-16(22)17(23)21-19-8-10-6-14-15(7-11(10)18)26-9-25-14/h2-8H,9H2,1H3,(H,20,22)(H,21,23). The van der Waals surface area contributed by atoms with Crippen LogP contribution in [-0.4, -0.2) is 31.9 Å². The number of rotatable bonds is 4. The fourth-order valence-electron chi connectivity index (χ4n) is 2.17. The van der Waals surface area contributed by atoms with Crippen LogP contribution in [-0.2, 0) is 9.59 Å². The van der Waals surface area contributed by atoms with E-state index in [-0.39, 0.29) is 6.79 Å². The smallest absolute Gasteiger partial charge is 0.329 e. The van der Waals surface area contributed by atoms with Crippen molar-refractivity contribution in [2.24, 2.45) is 5.10 Å². The van der Waals surface area contributed by atoms with Gasteiger partial charge in [0.2, 0.25) is 6.79 Å². The molecular formula is C17H14BrN3O5. The molecule has 2 N–H and O–H groups in total. The fraction of sp³-hybridized carbons (Fsp3) is 0.118. The number of amides is 2. The number of halogens is 1. The summed E-state index contributed by atoms with van der Waals surface area (Å²) in [6.45, 7) is 0.155. The summed E-state index contributed by atoms with van der Waals surface area (Å²) in [4.78, 5) is 23.8. The Morgan fingerprint density at radius 1 is 1.19 bits per heavy atom. The summed E-state index contributed by atoms with van der Waals surface area (Å²) in [5.74, 6) is -0.133. The third-order valence-corrected chi connectivity index (χ3v) is 4.11. The van der Waals surface area contributed by atoms with Crippen LogP contribution in [0.2, 0.25) is 0 Å². The van der Waals surface area contributed by atoms with E-state index in [1.54, 1.807) is 36.4 Å². The van der Waals surface area contributed by atoms with Gasteiger partial charge in [-0.25, -0.2) is 5.43 Å². The Morgan fingerprint density at radius 3 is 2.69 bits per heavy atom. The predicted octanol–water partition coefficient (Wildman–Crippen LogP) is 2.28. The van der Waals surface area contributed by atoms with E-state index in [9.17, 15) is 9.59 Å². The van der Waals surface area contributed by atoms with Crippen LogP contribution in [0, 0.1) is 0 Å². The quantitative estimate of drug-likeness (QED) is 0.449. The molecule has 1 aliphatic heterocycles. The number of para-hydroxylation sites is 2. The highest BCUT2D eigenvalue weighted by Crippen LogP contribution is 2.36. The molecule has 1 aliphatic rings. The van der Waals surface area contributed by atoms with Crippen molar-refractivity contribution < 1.29 is 23.8 Å². The lowest BCUT2D eigenvalue weighted by Gasteiger charge is -2.08. The summed E-state index contributed by atoms with van der Waals surface area (Å²) in [5.41, 5.74) is 3.21. The Labute approximate surface area is 157 Å². The Morgan fingerprint density at radius 2 is 1.92 bits per heavy atom. The zero-order chi connectivity index (χ0) is 18.5. The van der Waals surface area contributed by atoms with Crippen molar-refractivity contribution in [1.29, 1.82) is 0 Å². The van der Waals surface area contributed by atoms with E-state index in [4.69, 9.17) is 14.2 Å². The van der Waals surface area contributed by atoms with Gasteiger partial charge in [0.05, 0.1) is 19.0 Å². The van der Waals surface area contributed by atoms with E-state index >= 15 is 0 Å². The first-order valence-electron chi connectivity index (χ1n) is 7.45. The van der Waals surface area contributed by atoms with Crippen LogP contribution in [0.25, 0.3) is 0 Å². The summed E-state index contributed by atoms with van der Waals surface area (Å²) in [6.07, 6.45) is 1.39. The SMILES string of the molecule is COc1ccccc1NC(=O)C(=O)NN=Cc1cc2c(cc1Br)OCO2. The molecule has 26 heavy (non-hydrogen) atoms. The molecule has 3 rings (SSSR count). The normalized spacial score (nSPS) is 12.1. The Hall–Kier alpha value is -3.07. The second-order valence-corrected chi connectivity index (χ2v) is 5.93. The van der Waals surface area contributed by atoms with Crippen LogP contribution in [0.4, 0.5) is 5.69 Å². The molecule has 9 heteroatoms. The highest BCUT2D eigenvalue weighted by molar-refractivity contribution is 9.10. The fourth-order valence-corrected chi connectivity index (χ4v) is 2.59.